The summed E-state index contributed by atoms with van der Waals surface area (Å²) < 4.78 is 72.2. The molecule has 0 saturated heterocycles. The fraction of sp³-hybridized carbons (Fsp3) is 0.346. The fourth-order valence-electron chi connectivity index (χ4n) is 5.73. The van der Waals surface area contributed by atoms with E-state index in [1.807, 2.05) is 6.08 Å². The Hall–Kier alpha value is -4.13. The zero-order chi connectivity index (χ0) is 27.5. The number of oxazole rings is 1. The predicted octanol–water partition coefficient (Wildman–Crippen LogP) is 4.79. The highest BCUT2D eigenvalue weighted by Crippen LogP contribution is 2.54. The van der Waals surface area contributed by atoms with E-state index in [9.17, 15) is 22.4 Å². The number of alkyl halides is 3. The number of hydrogen-bond acceptors (Lipinski definition) is 8. The Kier molecular flexibility index (Phi) is 5.79. The molecule has 39 heavy (non-hydrogen) atoms. The van der Waals surface area contributed by atoms with Crippen LogP contribution in [0.15, 0.2) is 46.9 Å². The summed E-state index contributed by atoms with van der Waals surface area (Å²) in [6.45, 7) is 1.72. The minimum Gasteiger partial charge on any atom is -0.469 e. The van der Waals surface area contributed by atoms with Crippen molar-refractivity contribution in [3.63, 3.8) is 0 Å². The molecule has 0 bridgehead atoms. The molecule has 3 atom stereocenters. The van der Waals surface area contributed by atoms with Gasteiger partial charge in [0.05, 0.1) is 30.9 Å². The van der Waals surface area contributed by atoms with Crippen LogP contribution >= 0.6 is 0 Å². The average Bonchev–Trinajstić information content (AvgIpc) is 3.69. The van der Waals surface area contributed by atoms with E-state index >= 15 is 0 Å². The smallest absolute Gasteiger partial charge is 0.453 e. The van der Waals surface area contributed by atoms with Crippen LogP contribution in [0, 0.1) is 18.7 Å². The highest BCUT2D eigenvalue weighted by atomic mass is 19.4. The lowest BCUT2D eigenvalue weighted by atomic mass is 9.79. The topological polar surface area (TPSA) is 105 Å². The van der Waals surface area contributed by atoms with Gasteiger partial charge in [0, 0.05) is 18.4 Å². The number of hydrogen-bond donors (Lipinski definition) is 0. The molecule has 1 unspecified atom stereocenters. The molecule has 2 aliphatic rings. The number of aromatic nitrogens is 5. The van der Waals surface area contributed by atoms with Crippen molar-refractivity contribution in [1.82, 2.24) is 25.2 Å². The Morgan fingerprint density at radius 3 is 2.69 bits per heavy atom. The molecular formula is C26H21F4N5O4. The van der Waals surface area contributed by atoms with Crippen molar-refractivity contribution in [1.29, 1.82) is 0 Å². The first-order valence-electron chi connectivity index (χ1n) is 12.1. The summed E-state index contributed by atoms with van der Waals surface area (Å²) in [5, 5.41) is 9.89. The van der Waals surface area contributed by atoms with Crippen LogP contribution in [-0.4, -0.2) is 50.5 Å². The zero-order valence-corrected chi connectivity index (χ0v) is 20.7. The second-order valence-electron chi connectivity index (χ2n) is 9.60. The first kappa shape index (κ1) is 25.2. The summed E-state index contributed by atoms with van der Waals surface area (Å²) in [6, 6.07) is 8.79. The largest absolute Gasteiger partial charge is 0.469 e. The Morgan fingerprint density at radius 2 is 1.97 bits per heavy atom. The van der Waals surface area contributed by atoms with Crippen molar-refractivity contribution < 1.29 is 36.2 Å². The number of fused-ring (bicyclic) bond motifs is 1. The minimum atomic E-state index is -4.78. The Morgan fingerprint density at radius 1 is 1.21 bits per heavy atom. The Bertz CT molecular complexity index is 1610. The molecule has 202 valence electrons. The van der Waals surface area contributed by atoms with Gasteiger partial charge in [-0.25, -0.2) is 9.37 Å². The van der Waals surface area contributed by atoms with E-state index < -0.39 is 41.2 Å². The van der Waals surface area contributed by atoms with Gasteiger partial charge in [0.15, 0.2) is 11.5 Å². The van der Waals surface area contributed by atoms with Gasteiger partial charge in [0.25, 0.3) is 5.82 Å². The van der Waals surface area contributed by atoms with E-state index in [2.05, 4.69) is 20.5 Å². The van der Waals surface area contributed by atoms with Gasteiger partial charge in [-0.3, -0.25) is 4.79 Å². The maximum absolute atomic E-state index is 13.7. The van der Waals surface area contributed by atoms with Crippen LogP contribution in [0.3, 0.4) is 0 Å². The molecular weight excluding hydrogens is 522 g/mol. The second-order valence-corrected chi connectivity index (χ2v) is 9.60. The number of nitrogens with zero attached hydrogens (tertiary/aromatic N) is 5. The van der Waals surface area contributed by atoms with Crippen LogP contribution in [0.25, 0.3) is 22.4 Å². The summed E-state index contributed by atoms with van der Waals surface area (Å²) in [7, 11) is 1.31. The molecule has 6 rings (SSSR count). The van der Waals surface area contributed by atoms with Crippen molar-refractivity contribution in [3.05, 3.63) is 71.1 Å². The first-order chi connectivity index (χ1) is 18.6. The van der Waals surface area contributed by atoms with Crippen LogP contribution in [0.5, 0.6) is 0 Å². The normalized spacial score (nSPS) is 23.1. The van der Waals surface area contributed by atoms with Crippen LogP contribution in [0.4, 0.5) is 17.6 Å². The van der Waals surface area contributed by atoms with Gasteiger partial charge in [-0.1, -0.05) is 12.1 Å². The average molecular weight is 543 g/mol. The summed E-state index contributed by atoms with van der Waals surface area (Å²) in [5.74, 6) is -2.79. The number of ether oxygens (including phenoxy) is 2. The number of carbonyl (C=O) groups is 1. The van der Waals surface area contributed by atoms with Gasteiger partial charge >= 0.3 is 12.1 Å². The lowest BCUT2D eigenvalue weighted by Gasteiger charge is -2.31. The number of halogens is 4. The van der Waals surface area contributed by atoms with Gasteiger partial charge < -0.3 is 13.9 Å². The van der Waals surface area contributed by atoms with Gasteiger partial charge in [-0.05, 0) is 64.7 Å². The molecule has 1 fully saturated rings. The molecule has 3 heterocycles. The van der Waals surface area contributed by atoms with Gasteiger partial charge in [0.2, 0.25) is 0 Å². The number of aryl methyl sites for hydroxylation is 1. The van der Waals surface area contributed by atoms with E-state index in [1.54, 1.807) is 19.1 Å². The Balaban J connectivity index is 1.49. The lowest BCUT2D eigenvalue weighted by molar-refractivity contribution is -0.147. The number of tetrazole rings is 1. The first-order valence-corrected chi connectivity index (χ1v) is 12.1. The van der Waals surface area contributed by atoms with Crippen LogP contribution in [0.2, 0.25) is 0 Å². The molecule has 2 aromatic heterocycles. The van der Waals surface area contributed by atoms with Crippen LogP contribution < -0.4 is 0 Å². The summed E-state index contributed by atoms with van der Waals surface area (Å²) >= 11 is 0. The minimum absolute atomic E-state index is 0.0407. The third-order valence-electron chi connectivity index (χ3n) is 7.32. The second kappa shape index (κ2) is 8.97. The highest BCUT2D eigenvalue weighted by molar-refractivity contribution is 5.91. The van der Waals surface area contributed by atoms with E-state index in [4.69, 9.17) is 13.9 Å². The summed E-state index contributed by atoms with van der Waals surface area (Å²) in [4.78, 5) is 17.0. The number of benzene rings is 2. The van der Waals surface area contributed by atoms with Crippen LogP contribution in [0.1, 0.15) is 41.6 Å². The lowest BCUT2D eigenvalue weighted by Crippen LogP contribution is -2.34. The summed E-state index contributed by atoms with van der Waals surface area (Å²) in [5.41, 5.74) is 1.60. The van der Waals surface area contributed by atoms with E-state index in [1.165, 1.54) is 31.4 Å². The molecule has 9 nitrogen and oxygen atoms in total. The highest BCUT2D eigenvalue weighted by Gasteiger charge is 2.54. The Labute approximate surface area is 218 Å². The zero-order valence-electron chi connectivity index (χ0n) is 20.7. The van der Waals surface area contributed by atoms with Gasteiger partial charge in [0.1, 0.15) is 11.3 Å². The number of esters is 1. The molecule has 0 amide bonds. The molecule has 1 spiro atoms. The fourth-order valence-corrected chi connectivity index (χ4v) is 5.73. The SMILES string of the molecule is COC(=O)C1CC[C@@]2(C=C(c3cc(-n4nnnc4C(F)(F)F)cc4nc(C)oc34)CO2)[C@@H]1c1ccc(F)cc1. The van der Waals surface area contributed by atoms with Crippen molar-refractivity contribution in [2.75, 3.05) is 13.7 Å². The maximum atomic E-state index is 13.7. The van der Waals surface area contributed by atoms with Crippen LogP contribution in [-0.2, 0) is 20.4 Å². The third-order valence-corrected chi connectivity index (χ3v) is 7.32. The third kappa shape index (κ3) is 4.17. The number of methoxy groups -OCH3 is 1. The molecule has 0 N–H and O–H groups in total. The monoisotopic (exact) mass is 543 g/mol. The van der Waals surface area contributed by atoms with E-state index in [-0.39, 0.29) is 12.3 Å². The van der Waals surface area contributed by atoms with Crippen molar-refractivity contribution >= 4 is 22.6 Å². The molecule has 13 heteroatoms. The maximum Gasteiger partial charge on any atom is 0.453 e. The van der Waals surface area contributed by atoms with Gasteiger partial charge in [-0.2, -0.15) is 17.9 Å². The van der Waals surface area contributed by atoms with E-state index in [0.29, 0.717) is 51.2 Å². The standard InChI is InChI=1S/C26H21F4N5O4/c1-13-31-20-10-17(35-24(26(28,29)30)32-33-34-35)9-19(22(20)39-13)15-11-25(38-12-15)8-7-18(23(36)37-2)21(25)14-3-5-16(27)6-4-14/h3-6,9-11,18,21H,7-8,12H2,1-2H3/t18?,21-,25-/m1/s1. The number of rotatable bonds is 4. The molecule has 0 radical (unpaired) electrons. The van der Waals surface area contributed by atoms with Crippen molar-refractivity contribution in [2.24, 2.45) is 5.92 Å². The number of carbonyl (C=O) groups excluding carboxylic acids is 1. The summed E-state index contributed by atoms with van der Waals surface area (Å²) in [6.07, 6.45) is -1.96. The predicted molar refractivity (Wildman–Crippen MR) is 127 cm³/mol. The van der Waals surface area contributed by atoms with E-state index in [0.717, 1.165) is 0 Å². The van der Waals surface area contributed by atoms with Crippen molar-refractivity contribution in [2.45, 2.75) is 37.5 Å². The molecule has 1 aliphatic heterocycles. The quantitative estimate of drug-likeness (QED) is 0.267. The molecule has 2 aromatic carbocycles. The van der Waals surface area contributed by atoms with Gasteiger partial charge in [-0.15, -0.1) is 5.10 Å². The molecule has 4 aromatic rings. The molecule has 1 aliphatic carbocycles. The van der Waals surface area contributed by atoms with Crippen molar-refractivity contribution in [3.8, 4) is 5.69 Å². The molecule has 1 saturated carbocycles.